The fourth-order valence-corrected chi connectivity index (χ4v) is 1.40. The third kappa shape index (κ3) is 3.54. The smallest absolute Gasteiger partial charge is 0.339 e. The van der Waals surface area contributed by atoms with Crippen molar-refractivity contribution in [2.45, 2.75) is 6.42 Å². The second-order valence-corrected chi connectivity index (χ2v) is 3.45. The second kappa shape index (κ2) is 6.98. The summed E-state index contributed by atoms with van der Waals surface area (Å²) in [5.41, 5.74) is 15.4. The summed E-state index contributed by atoms with van der Waals surface area (Å²) in [6.07, 6.45) is 4.24. The number of carbonyl (C=O) groups is 1. The lowest BCUT2D eigenvalue weighted by Crippen LogP contribution is -2.06. The van der Waals surface area contributed by atoms with Gasteiger partial charge in [-0.1, -0.05) is 29.4 Å². The molecule has 0 aliphatic rings. The first-order valence-corrected chi connectivity index (χ1v) is 5.35. The molecule has 0 radical (unpaired) electrons. The van der Waals surface area contributed by atoms with Crippen LogP contribution in [0.2, 0.25) is 0 Å². The van der Waals surface area contributed by atoms with Crippen molar-refractivity contribution in [1.29, 1.82) is 0 Å². The molecular formula is C12H14N4O2. The summed E-state index contributed by atoms with van der Waals surface area (Å²) in [6.45, 7) is 0.392. The van der Waals surface area contributed by atoms with E-state index in [1.54, 1.807) is 24.3 Å². The van der Waals surface area contributed by atoms with E-state index in [2.05, 4.69) is 14.8 Å². The van der Waals surface area contributed by atoms with Gasteiger partial charge in [-0.2, -0.15) is 0 Å². The molecule has 1 aromatic rings. The van der Waals surface area contributed by atoms with Crippen molar-refractivity contribution in [1.82, 2.24) is 0 Å². The quantitative estimate of drug-likeness (QED) is 0.216. The summed E-state index contributed by atoms with van der Waals surface area (Å²) < 4.78 is 4.63. The van der Waals surface area contributed by atoms with E-state index in [0.29, 0.717) is 24.2 Å². The molecule has 6 nitrogen and oxygen atoms in total. The van der Waals surface area contributed by atoms with E-state index in [1.165, 1.54) is 7.11 Å². The molecule has 0 amide bonds. The highest BCUT2D eigenvalue weighted by Gasteiger charge is 2.10. The van der Waals surface area contributed by atoms with E-state index in [1.807, 2.05) is 6.08 Å². The highest BCUT2D eigenvalue weighted by molar-refractivity contribution is 5.97. The molecule has 0 aliphatic heterocycles. The van der Waals surface area contributed by atoms with Crippen LogP contribution in [-0.4, -0.2) is 19.6 Å². The predicted molar refractivity (Wildman–Crippen MR) is 69.9 cm³/mol. The van der Waals surface area contributed by atoms with Crippen molar-refractivity contribution in [2.24, 2.45) is 5.11 Å². The van der Waals surface area contributed by atoms with Crippen molar-refractivity contribution in [3.8, 4) is 0 Å². The van der Waals surface area contributed by atoms with Crippen LogP contribution < -0.4 is 5.73 Å². The maximum atomic E-state index is 11.4. The lowest BCUT2D eigenvalue weighted by Gasteiger charge is -2.06. The molecule has 0 unspecified atom stereocenters. The van der Waals surface area contributed by atoms with Crippen LogP contribution in [0.25, 0.3) is 16.5 Å². The monoisotopic (exact) mass is 246 g/mol. The molecule has 6 heteroatoms. The number of nitrogen functional groups attached to an aromatic ring is 1. The molecule has 0 fully saturated rings. The van der Waals surface area contributed by atoms with Gasteiger partial charge in [0.05, 0.1) is 18.4 Å². The van der Waals surface area contributed by atoms with E-state index in [4.69, 9.17) is 11.3 Å². The molecule has 0 heterocycles. The Morgan fingerprint density at radius 1 is 1.61 bits per heavy atom. The number of hydrogen-bond acceptors (Lipinski definition) is 4. The topological polar surface area (TPSA) is 101 Å². The Hall–Kier alpha value is -2.46. The predicted octanol–water partition coefficient (Wildman–Crippen LogP) is 2.77. The van der Waals surface area contributed by atoms with E-state index in [0.717, 1.165) is 5.56 Å². The number of nitrogens with zero attached hydrogens (tertiary/aromatic N) is 3. The van der Waals surface area contributed by atoms with Gasteiger partial charge in [-0.3, -0.25) is 0 Å². The van der Waals surface area contributed by atoms with Crippen LogP contribution in [0.3, 0.4) is 0 Å². The van der Waals surface area contributed by atoms with Gasteiger partial charge in [0.15, 0.2) is 0 Å². The third-order valence-electron chi connectivity index (χ3n) is 2.30. The molecule has 0 aromatic heterocycles. The Balaban J connectivity index is 2.83. The van der Waals surface area contributed by atoms with Crippen molar-refractivity contribution >= 4 is 17.7 Å². The van der Waals surface area contributed by atoms with E-state index < -0.39 is 5.97 Å². The Labute approximate surface area is 105 Å². The van der Waals surface area contributed by atoms with Crippen LogP contribution in [-0.2, 0) is 4.74 Å². The van der Waals surface area contributed by atoms with Gasteiger partial charge < -0.3 is 10.5 Å². The van der Waals surface area contributed by atoms with Crippen molar-refractivity contribution < 1.29 is 9.53 Å². The molecule has 0 spiro atoms. The van der Waals surface area contributed by atoms with Gasteiger partial charge in [0.1, 0.15) is 0 Å². The molecule has 0 aliphatic carbocycles. The number of benzene rings is 1. The summed E-state index contributed by atoms with van der Waals surface area (Å²) in [5, 5.41) is 3.41. The SMILES string of the molecule is COC(=O)c1cccc(C=CCCN=[N+]=[N-])c1N. The van der Waals surface area contributed by atoms with Gasteiger partial charge in [-0.05, 0) is 23.6 Å². The highest BCUT2D eigenvalue weighted by atomic mass is 16.5. The largest absolute Gasteiger partial charge is 0.465 e. The number of methoxy groups -OCH3 is 1. The fraction of sp³-hybridized carbons (Fsp3) is 0.250. The normalized spacial score (nSPS) is 10.1. The van der Waals surface area contributed by atoms with E-state index in [-0.39, 0.29) is 0 Å². The molecule has 0 bridgehead atoms. The molecule has 1 aromatic carbocycles. The van der Waals surface area contributed by atoms with Crippen LogP contribution in [0.1, 0.15) is 22.3 Å². The standard InChI is InChI=1S/C12H14N4O2/c1-18-12(17)10-7-4-6-9(11(10)13)5-2-3-8-15-16-14/h2,4-7H,3,8,13H2,1H3. The summed E-state index contributed by atoms with van der Waals surface area (Å²) in [6, 6.07) is 5.14. The van der Waals surface area contributed by atoms with Crippen molar-refractivity contribution in [3.63, 3.8) is 0 Å². The Morgan fingerprint density at radius 3 is 3.06 bits per heavy atom. The van der Waals surface area contributed by atoms with Crippen LogP contribution in [0, 0.1) is 0 Å². The fourth-order valence-electron chi connectivity index (χ4n) is 1.40. The summed E-state index contributed by atoms with van der Waals surface area (Å²) in [4.78, 5) is 14.1. The van der Waals surface area contributed by atoms with E-state index >= 15 is 0 Å². The average Bonchev–Trinajstić information content (AvgIpc) is 2.39. The molecule has 0 saturated heterocycles. The molecule has 0 saturated carbocycles. The molecule has 94 valence electrons. The highest BCUT2D eigenvalue weighted by Crippen LogP contribution is 2.19. The van der Waals surface area contributed by atoms with Gasteiger partial charge >= 0.3 is 5.97 Å². The maximum Gasteiger partial charge on any atom is 0.339 e. The lowest BCUT2D eigenvalue weighted by atomic mass is 10.1. The molecular weight excluding hydrogens is 232 g/mol. The number of anilines is 1. The number of para-hydroxylation sites is 1. The number of carbonyl (C=O) groups excluding carboxylic acids is 1. The number of rotatable bonds is 5. The molecule has 2 N–H and O–H groups in total. The zero-order chi connectivity index (χ0) is 13.4. The maximum absolute atomic E-state index is 11.4. The summed E-state index contributed by atoms with van der Waals surface area (Å²) in [7, 11) is 1.31. The first kappa shape index (κ1) is 13.6. The van der Waals surface area contributed by atoms with Gasteiger partial charge in [0.25, 0.3) is 0 Å². The minimum atomic E-state index is -0.461. The minimum absolute atomic E-state index is 0.342. The Bertz CT molecular complexity index is 505. The molecule has 1 rings (SSSR count). The van der Waals surface area contributed by atoms with Crippen LogP contribution >= 0.6 is 0 Å². The summed E-state index contributed by atoms with van der Waals surface area (Å²) in [5.74, 6) is -0.461. The van der Waals surface area contributed by atoms with Crippen LogP contribution in [0.5, 0.6) is 0 Å². The van der Waals surface area contributed by atoms with Gasteiger partial charge in [-0.15, -0.1) is 0 Å². The number of nitrogens with two attached hydrogens (primary N) is 1. The number of hydrogen-bond donors (Lipinski definition) is 1. The third-order valence-corrected chi connectivity index (χ3v) is 2.30. The van der Waals surface area contributed by atoms with Crippen molar-refractivity contribution in [2.75, 3.05) is 19.4 Å². The zero-order valence-electron chi connectivity index (χ0n) is 10.0. The number of esters is 1. The Kier molecular flexibility index (Phi) is 5.28. The summed E-state index contributed by atoms with van der Waals surface area (Å²) >= 11 is 0. The number of ether oxygens (including phenoxy) is 1. The molecule has 18 heavy (non-hydrogen) atoms. The lowest BCUT2D eigenvalue weighted by molar-refractivity contribution is 0.0602. The van der Waals surface area contributed by atoms with Crippen LogP contribution in [0.15, 0.2) is 29.4 Å². The van der Waals surface area contributed by atoms with Crippen LogP contribution in [0.4, 0.5) is 5.69 Å². The first-order valence-electron chi connectivity index (χ1n) is 5.35. The first-order chi connectivity index (χ1) is 8.70. The van der Waals surface area contributed by atoms with Gasteiger partial charge in [-0.25, -0.2) is 4.79 Å². The number of azide groups is 1. The van der Waals surface area contributed by atoms with Gasteiger partial charge in [0, 0.05) is 11.5 Å². The Morgan fingerprint density at radius 2 is 2.39 bits per heavy atom. The van der Waals surface area contributed by atoms with Crippen molar-refractivity contribution in [3.05, 3.63) is 45.8 Å². The van der Waals surface area contributed by atoms with E-state index in [9.17, 15) is 4.79 Å². The minimum Gasteiger partial charge on any atom is -0.465 e. The zero-order valence-corrected chi connectivity index (χ0v) is 10.0. The second-order valence-electron chi connectivity index (χ2n) is 3.45. The average molecular weight is 246 g/mol. The van der Waals surface area contributed by atoms with Gasteiger partial charge in [0.2, 0.25) is 0 Å². The molecule has 0 atom stereocenters.